The number of nitrogens with one attached hydrogen (secondary N) is 1. The molecule has 0 unspecified atom stereocenters. The second kappa shape index (κ2) is 5.48. The number of hydrogen-bond donors (Lipinski definition) is 1. The molecule has 0 bridgehead atoms. The first kappa shape index (κ1) is 14.9. The third-order valence-electron chi connectivity index (χ3n) is 4.81. The quantitative estimate of drug-likeness (QED) is 0.589. The van der Waals surface area contributed by atoms with E-state index in [1.165, 1.54) is 21.9 Å². The van der Waals surface area contributed by atoms with Gasteiger partial charge in [-0.15, -0.1) is 0 Å². The SMILES string of the molecule is CCc1cc(-c2c[nH]c3nccc(C(C)C)c23)nc2c1ccn2C. The van der Waals surface area contributed by atoms with Gasteiger partial charge in [-0.1, -0.05) is 20.8 Å². The van der Waals surface area contributed by atoms with Crippen LogP contribution in [-0.4, -0.2) is 19.5 Å². The second-order valence-electron chi connectivity index (χ2n) is 6.66. The van der Waals surface area contributed by atoms with Crippen molar-refractivity contribution in [2.24, 2.45) is 7.05 Å². The Kier molecular flexibility index (Phi) is 3.41. The fourth-order valence-corrected chi connectivity index (χ4v) is 3.50. The summed E-state index contributed by atoms with van der Waals surface area (Å²) in [6, 6.07) is 6.50. The number of nitrogens with zero attached hydrogens (tertiary/aromatic N) is 3. The first-order valence-corrected chi connectivity index (χ1v) is 8.51. The minimum atomic E-state index is 0.439. The summed E-state index contributed by atoms with van der Waals surface area (Å²) in [5.41, 5.74) is 6.77. The van der Waals surface area contributed by atoms with Crippen molar-refractivity contribution in [2.45, 2.75) is 33.1 Å². The maximum Gasteiger partial charge on any atom is 0.140 e. The largest absolute Gasteiger partial charge is 0.345 e. The average Bonchev–Trinajstić information content (AvgIpc) is 3.17. The highest BCUT2D eigenvalue weighted by Crippen LogP contribution is 2.34. The van der Waals surface area contributed by atoms with Gasteiger partial charge < -0.3 is 9.55 Å². The van der Waals surface area contributed by atoms with Gasteiger partial charge in [0.1, 0.15) is 11.3 Å². The van der Waals surface area contributed by atoms with Crippen LogP contribution < -0.4 is 0 Å². The van der Waals surface area contributed by atoms with Gasteiger partial charge in [0, 0.05) is 42.0 Å². The van der Waals surface area contributed by atoms with Gasteiger partial charge in [-0.3, -0.25) is 0 Å². The molecule has 4 nitrogen and oxygen atoms in total. The molecular weight excluding hydrogens is 296 g/mol. The van der Waals surface area contributed by atoms with Gasteiger partial charge in [0.05, 0.1) is 5.69 Å². The number of pyridine rings is 2. The van der Waals surface area contributed by atoms with Crippen molar-refractivity contribution in [1.82, 2.24) is 19.5 Å². The molecule has 0 spiro atoms. The first-order chi connectivity index (χ1) is 11.6. The molecule has 1 N–H and O–H groups in total. The van der Waals surface area contributed by atoms with Crippen LogP contribution >= 0.6 is 0 Å². The number of rotatable bonds is 3. The van der Waals surface area contributed by atoms with E-state index in [2.05, 4.69) is 66.7 Å². The maximum atomic E-state index is 4.95. The molecule has 122 valence electrons. The highest BCUT2D eigenvalue weighted by molar-refractivity contribution is 5.97. The third-order valence-corrected chi connectivity index (χ3v) is 4.81. The fraction of sp³-hybridized carbons (Fsp3) is 0.300. The molecule has 4 aromatic rings. The predicted octanol–water partition coefficient (Wildman–Crippen LogP) is 4.80. The number of fused-ring (bicyclic) bond motifs is 2. The van der Waals surface area contributed by atoms with Gasteiger partial charge in [-0.25, -0.2) is 9.97 Å². The predicted molar refractivity (Wildman–Crippen MR) is 99.3 cm³/mol. The summed E-state index contributed by atoms with van der Waals surface area (Å²) in [6.45, 7) is 6.63. The summed E-state index contributed by atoms with van der Waals surface area (Å²) >= 11 is 0. The number of aromatic amines is 1. The molecule has 0 saturated carbocycles. The van der Waals surface area contributed by atoms with Crippen LogP contribution in [-0.2, 0) is 13.5 Å². The average molecular weight is 318 g/mol. The van der Waals surface area contributed by atoms with E-state index in [0.717, 1.165) is 29.0 Å². The van der Waals surface area contributed by atoms with E-state index in [-0.39, 0.29) is 0 Å². The Balaban J connectivity index is 2.04. The van der Waals surface area contributed by atoms with Crippen molar-refractivity contribution < 1.29 is 0 Å². The fourth-order valence-electron chi connectivity index (χ4n) is 3.50. The summed E-state index contributed by atoms with van der Waals surface area (Å²) in [5.74, 6) is 0.439. The Morgan fingerprint density at radius 1 is 1.25 bits per heavy atom. The van der Waals surface area contributed by atoms with E-state index in [1.807, 2.05) is 12.4 Å². The summed E-state index contributed by atoms with van der Waals surface area (Å²) in [6.07, 6.45) is 6.99. The Morgan fingerprint density at radius 3 is 2.83 bits per heavy atom. The van der Waals surface area contributed by atoms with Gasteiger partial charge >= 0.3 is 0 Å². The molecule has 0 saturated heterocycles. The van der Waals surface area contributed by atoms with Crippen molar-refractivity contribution in [3.05, 3.63) is 47.9 Å². The third kappa shape index (κ3) is 2.13. The van der Waals surface area contributed by atoms with Crippen molar-refractivity contribution in [3.8, 4) is 11.3 Å². The molecule has 0 radical (unpaired) electrons. The molecule has 4 heterocycles. The molecule has 0 amide bonds. The Hall–Kier alpha value is -2.62. The Labute approximate surface area is 141 Å². The van der Waals surface area contributed by atoms with Gasteiger partial charge in [-0.2, -0.15) is 0 Å². The maximum absolute atomic E-state index is 4.95. The molecule has 4 rings (SSSR count). The van der Waals surface area contributed by atoms with Gasteiger partial charge in [0.25, 0.3) is 0 Å². The van der Waals surface area contributed by atoms with Crippen LogP contribution in [0.1, 0.15) is 37.8 Å². The van der Waals surface area contributed by atoms with Crippen LogP contribution in [0.5, 0.6) is 0 Å². The lowest BCUT2D eigenvalue weighted by molar-refractivity contribution is 0.874. The van der Waals surface area contributed by atoms with Crippen LogP contribution in [0.15, 0.2) is 36.8 Å². The monoisotopic (exact) mass is 318 g/mol. The minimum absolute atomic E-state index is 0.439. The van der Waals surface area contributed by atoms with Crippen molar-refractivity contribution in [3.63, 3.8) is 0 Å². The molecular formula is C20H22N4. The van der Waals surface area contributed by atoms with Crippen LogP contribution in [0.2, 0.25) is 0 Å². The standard InChI is InChI=1S/C20H22N4/c1-5-13-10-17(23-20-15(13)7-9-24(20)4)16-11-22-19-18(16)14(12(2)3)6-8-21-19/h6-12H,5H2,1-4H3,(H,21,22). The lowest BCUT2D eigenvalue weighted by atomic mass is 9.97. The zero-order chi connectivity index (χ0) is 16.8. The van der Waals surface area contributed by atoms with E-state index in [1.54, 1.807) is 0 Å². The summed E-state index contributed by atoms with van der Waals surface area (Å²) in [5, 5.41) is 2.43. The second-order valence-corrected chi connectivity index (χ2v) is 6.66. The lowest BCUT2D eigenvalue weighted by Crippen LogP contribution is -1.95. The van der Waals surface area contributed by atoms with Crippen LogP contribution in [0.4, 0.5) is 0 Å². The molecule has 4 aromatic heterocycles. The summed E-state index contributed by atoms with van der Waals surface area (Å²) in [7, 11) is 2.05. The normalized spacial score (nSPS) is 11.9. The van der Waals surface area contributed by atoms with Crippen molar-refractivity contribution in [2.75, 3.05) is 0 Å². The van der Waals surface area contributed by atoms with Gasteiger partial charge in [0.15, 0.2) is 0 Å². The molecule has 0 aliphatic carbocycles. The van der Waals surface area contributed by atoms with Crippen molar-refractivity contribution >= 4 is 22.1 Å². The summed E-state index contributed by atoms with van der Waals surface area (Å²) < 4.78 is 2.09. The molecule has 0 aliphatic heterocycles. The first-order valence-electron chi connectivity index (χ1n) is 8.51. The molecule has 0 fully saturated rings. The van der Waals surface area contributed by atoms with E-state index in [4.69, 9.17) is 4.98 Å². The molecule has 4 heteroatoms. The lowest BCUT2D eigenvalue weighted by Gasteiger charge is -2.10. The van der Waals surface area contributed by atoms with E-state index in [9.17, 15) is 0 Å². The van der Waals surface area contributed by atoms with Crippen molar-refractivity contribution in [1.29, 1.82) is 0 Å². The van der Waals surface area contributed by atoms with Crippen LogP contribution in [0, 0.1) is 0 Å². The highest BCUT2D eigenvalue weighted by atomic mass is 15.0. The Morgan fingerprint density at radius 2 is 2.08 bits per heavy atom. The zero-order valence-electron chi connectivity index (χ0n) is 14.6. The van der Waals surface area contributed by atoms with Crippen LogP contribution in [0.25, 0.3) is 33.3 Å². The highest BCUT2D eigenvalue weighted by Gasteiger charge is 2.16. The minimum Gasteiger partial charge on any atom is -0.345 e. The number of aromatic nitrogens is 4. The van der Waals surface area contributed by atoms with Gasteiger partial charge in [0.2, 0.25) is 0 Å². The topological polar surface area (TPSA) is 46.5 Å². The number of aryl methyl sites for hydroxylation is 2. The van der Waals surface area contributed by atoms with E-state index in [0.29, 0.717) is 5.92 Å². The zero-order valence-corrected chi connectivity index (χ0v) is 14.6. The van der Waals surface area contributed by atoms with E-state index < -0.39 is 0 Å². The molecule has 0 aliphatic rings. The smallest absolute Gasteiger partial charge is 0.140 e. The van der Waals surface area contributed by atoms with Crippen LogP contribution in [0.3, 0.4) is 0 Å². The molecule has 0 atom stereocenters. The number of hydrogen-bond acceptors (Lipinski definition) is 2. The van der Waals surface area contributed by atoms with Gasteiger partial charge in [-0.05, 0) is 41.7 Å². The Bertz CT molecular complexity index is 1040. The number of H-pyrrole nitrogens is 1. The van der Waals surface area contributed by atoms with E-state index >= 15 is 0 Å². The summed E-state index contributed by atoms with van der Waals surface area (Å²) in [4.78, 5) is 12.8. The molecule has 0 aromatic carbocycles. The molecule has 24 heavy (non-hydrogen) atoms.